The van der Waals surface area contributed by atoms with E-state index in [1.165, 1.54) is 7.11 Å². The molecule has 0 saturated heterocycles. The number of hydrogen-bond donors (Lipinski definition) is 0. The SMILES string of the molecule is COOCc1ccc(OC)c(C(CC(=O)N(C(C)C)C(C)C)c2ccccc2)c1. The average Bonchev–Trinajstić information content (AvgIpc) is 2.70. The van der Waals surface area contributed by atoms with E-state index in [-0.39, 0.29) is 23.9 Å². The van der Waals surface area contributed by atoms with Crippen LogP contribution in [0.5, 0.6) is 5.75 Å². The van der Waals surface area contributed by atoms with Crippen LogP contribution in [-0.2, 0) is 21.2 Å². The highest BCUT2D eigenvalue weighted by Crippen LogP contribution is 2.36. The molecule has 0 N–H and O–H groups in total. The maximum Gasteiger partial charge on any atom is 0.223 e. The molecule has 5 heteroatoms. The number of carbonyl (C=O) groups is 1. The van der Waals surface area contributed by atoms with Crippen LogP contribution in [0.25, 0.3) is 0 Å². The van der Waals surface area contributed by atoms with Crippen molar-refractivity contribution in [1.29, 1.82) is 0 Å². The summed E-state index contributed by atoms with van der Waals surface area (Å²) in [6.45, 7) is 8.54. The van der Waals surface area contributed by atoms with Crippen LogP contribution >= 0.6 is 0 Å². The molecule has 5 nitrogen and oxygen atoms in total. The Bertz CT molecular complexity index is 766. The molecule has 1 amide bonds. The van der Waals surface area contributed by atoms with E-state index in [4.69, 9.17) is 14.5 Å². The molecule has 0 saturated carbocycles. The van der Waals surface area contributed by atoms with Crippen LogP contribution in [0, 0.1) is 0 Å². The molecule has 0 bridgehead atoms. The molecule has 0 fully saturated rings. The molecular weight excluding hydrogens is 366 g/mol. The van der Waals surface area contributed by atoms with Crippen molar-refractivity contribution in [1.82, 2.24) is 4.90 Å². The van der Waals surface area contributed by atoms with Crippen molar-refractivity contribution < 1.29 is 19.3 Å². The minimum atomic E-state index is -0.124. The zero-order valence-electron chi connectivity index (χ0n) is 18.3. The van der Waals surface area contributed by atoms with E-state index >= 15 is 0 Å². The number of benzene rings is 2. The van der Waals surface area contributed by atoms with Gasteiger partial charge in [-0.05, 0) is 51.0 Å². The molecular formula is C24H33NO4. The van der Waals surface area contributed by atoms with Gasteiger partial charge in [-0.3, -0.25) is 4.79 Å². The standard InChI is InChI=1S/C24H33NO4/c1-17(2)25(18(3)4)24(26)15-21(20-10-8-7-9-11-20)22-14-19(16-29-28-6)12-13-23(22)27-5/h7-14,17-18,21H,15-16H2,1-6H3. The smallest absolute Gasteiger partial charge is 0.223 e. The summed E-state index contributed by atoms with van der Waals surface area (Å²) in [5.41, 5.74) is 3.01. The largest absolute Gasteiger partial charge is 0.496 e. The summed E-state index contributed by atoms with van der Waals surface area (Å²) >= 11 is 0. The van der Waals surface area contributed by atoms with Crippen molar-refractivity contribution >= 4 is 5.91 Å². The molecule has 2 rings (SSSR count). The second-order valence-corrected chi connectivity index (χ2v) is 7.66. The lowest BCUT2D eigenvalue weighted by Crippen LogP contribution is -2.42. The minimum Gasteiger partial charge on any atom is -0.496 e. The second-order valence-electron chi connectivity index (χ2n) is 7.66. The molecule has 0 spiro atoms. The van der Waals surface area contributed by atoms with Crippen LogP contribution in [0.15, 0.2) is 48.5 Å². The monoisotopic (exact) mass is 399 g/mol. The maximum atomic E-state index is 13.3. The van der Waals surface area contributed by atoms with Gasteiger partial charge < -0.3 is 9.64 Å². The van der Waals surface area contributed by atoms with Gasteiger partial charge in [-0.25, -0.2) is 9.78 Å². The quantitative estimate of drug-likeness (QED) is 0.419. The summed E-state index contributed by atoms with van der Waals surface area (Å²) in [7, 11) is 3.14. The third kappa shape index (κ3) is 6.05. The van der Waals surface area contributed by atoms with E-state index in [2.05, 4.69) is 39.8 Å². The summed E-state index contributed by atoms with van der Waals surface area (Å²) in [6, 6.07) is 16.3. The molecule has 158 valence electrons. The van der Waals surface area contributed by atoms with Crippen molar-refractivity contribution in [2.45, 2.75) is 58.7 Å². The van der Waals surface area contributed by atoms with Gasteiger partial charge in [0.15, 0.2) is 0 Å². The average molecular weight is 400 g/mol. The molecule has 29 heavy (non-hydrogen) atoms. The van der Waals surface area contributed by atoms with E-state index in [1.54, 1.807) is 7.11 Å². The van der Waals surface area contributed by atoms with E-state index in [9.17, 15) is 4.79 Å². The van der Waals surface area contributed by atoms with Crippen molar-refractivity contribution in [2.75, 3.05) is 14.2 Å². The Balaban J connectivity index is 2.48. The van der Waals surface area contributed by atoms with Gasteiger partial charge in [0.2, 0.25) is 5.91 Å². The van der Waals surface area contributed by atoms with Gasteiger partial charge in [0.1, 0.15) is 12.4 Å². The van der Waals surface area contributed by atoms with Gasteiger partial charge in [-0.1, -0.05) is 36.4 Å². The fraction of sp³-hybridized carbons (Fsp3) is 0.458. The number of ether oxygens (including phenoxy) is 1. The number of carbonyl (C=O) groups excluding carboxylic acids is 1. The summed E-state index contributed by atoms with van der Waals surface area (Å²) in [5, 5.41) is 0. The topological polar surface area (TPSA) is 48.0 Å². The van der Waals surface area contributed by atoms with E-state index in [1.807, 2.05) is 41.3 Å². The van der Waals surface area contributed by atoms with Crippen LogP contribution in [0.1, 0.15) is 56.7 Å². The second kappa shape index (κ2) is 11.0. The molecule has 1 unspecified atom stereocenters. The number of rotatable bonds is 10. The first kappa shape index (κ1) is 22.9. The van der Waals surface area contributed by atoms with E-state index in [0.29, 0.717) is 13.0 Å². The maximum absolute atomic E-state index is 13.3. The van der Waals surface area contributed by atoms with Gasteiger partial charge in [-0.15, -0.1) is 0 Å². The Morgan fingerprint density at radius 1 is 0.966 bits per heavy atom. The third-order valence-electron chi connectivity index (χ3n) is 4.99. The van der Waals surface area contributed by atoms with E-state index in [0.717, 1.165) is 22.4 Å². The predicted molar refractivity (Wildman–Crippen MR) is 115 cm³/mol. The van der Waals surface area contributed by atoms with Crippen LogP contribution < -0.4 is 4.74 Å². The van der Waals surface area contributed by atoms with Crippen LogP contribution in [-0.4, -0.2) is 37.1 Å². The number of hydrogen-bond acceptors (Lipinski definition) is 4. The first-order valence-electron chi connectivity index (χ1n) is 10.1. The number of amides is 1. The fourth-order valence-electron chi connectivity index (χ4n) is 3.82. The molecule has 0 aromatic heterocycles. The minimum absolute atomic E-state index is 0.124. The first-order valence-corrected chi connectivity index (χ1v) is 10.1. The van der Waals surface area contributed by atoms with Gasteiger partial charge in [-0.2, -0.15) is 0 Å². The molecule has 1 atom stereocenters. The molecule has 2 aromatic rings. The number of methoxy groups -OCH3 is 1. The fourth-order valence-corrected chi connectivity index (χ4v) is 3.82. The van der Waals surface area contributed by atoms with Crippen LogP contribution in [0.2, 0.25) is 0 Å². The lowest BCUT2D eigenvalue weighted by molar-refractivity contribution is -0.282. The molecule has 0 aliphatic rings. The highest BCUT2D eigenvalue weighted by molar-refractivity contribution is 5.78. The Hall–Kier alpha value is -2.37. The van der Waals surface area contributed by atoms with Crippen LogP contribution in [0.3, 0.4) is 0 Å². The Morgan fingerprint density at radius 2 is 1.62 bits per heavy atom. The highest BCUT2D eigenvalue weighted by Gasteiger charge is 2.27. The molecule has 0 heterocycles. The third-order valence-corrected chi connectivity index (χ3v) is 4.99. The zero-order chi connectivity index (χ0) is 21.4. The van der Waals surface area contributed by atoms with Crippen molar-refractivity contribution in [3.63, 3.8) is 0 Å². The molecule has 0 aliphatic heterocycles. The van der Waals surface area contributed by atoms with Gasteiger partial charge >= 0.3 is 0 Å². The van der Waals surface area contributed by atoms with Crippen molar-refractivity contribution in [3.8, 4) is 5.75 Å². The Labute approximate surface area is 174 Å². The summed E-state index contributed by atoms with van der Waals surface area (Å²) in [5.74, 6) is 0.763. The predicted octanol–water partition coefficient (Wildman–Crippen LogP) is 4.94. The van der Waals surface area contributed by atoms with Gasteiger partial charge in [0, 0.05) is 30.0 Å². The first-order chi connectivity index (χ1) is 13.9. The molecule has 2 aromatic carbocycles. The van der Waals surface area contributed by atoms with Crippen LogP contribution in [0.4, 0.5) is 0 Å². The summed E-state index contributed by atoms with van der Waals surface area (Å²) in [6.07, 6.45) is 0.366. The molecule has 0 aliphatic carbocycles. The normalized spacial score (nSPS) is 12.3. The zero-order valence-corrected chi connectivity index (χ0v) is 18.3. The summed E-state index contributed by atoms with van der Waals surface area (Å²) in [4.78, 5) is 25.1. The Morgan fingerprint density at radius 3 is 2.17 bits per heavy atom. The number of nitrogens with zero attached hydrogens (tertiary/aromatic N) is 1. The van der Waals surface area contributed by atoms with Crippen molar-refractivity contribution in [2.24, 2.45) is 0 Å². The molecule has 0 radical (unpaired) electrons. The van der Waals surface area contributed by atoms with Gasteiger partial charge in [0.25, 0.3) is 0 Å². The van der Waals surface area contributed by atoms with Crippen molar-refractivity contribution in [3.05, 3.63) is 65.2 Å². The Kier molecular flexibility index (Phi) is 8.68. The lowest BCUT2D eigenvalue weighted by atomic mass is 9.86. The lowest BCUT2D eigenvalue weighted by Gasteiger charge is -2.32. The highest BCUT2D eigenvalue weighted by atomic mass is 17.2. The van der Waals surface area contributed by atoms with Gasteiger partial charge in [0.05, 0.1) is 14.2 Å². The summed E-state index contributed by atoms with van der Waals surface area (Å²) < 4.78 is 5.65. The van der Waals surface area contributed by atoms with E-state index < -0.39 is 0 Å².